The summed E-state index contributed by atoms with van der Waals surface area (Å²) in [7, 11) is -1.78. The van der Waals surface area contributed by atoms with Gasteiger partial charge in [-0.2, -0.15) is 0 Å². The van der Waals surface area contributed by atoms with E-state index in [9.17, 15) is 0 Å². The summed E-state index contributed by atoms with van der Waals surface area (Å²) in [6.07, 6.45) is 2.19. The summed E-state index contributed by atoms with van der Waals surface area (Å²) in [5, 5.41) is 4.27. The molecule has 1 aliphatic heterocycles. The predicted molar refractivity (Wildman–Crippen MR) is 120 cm³/mol. The largest absolute Gasteiger partial charge is 1.00 e. The van der Waals surface area contributed by atoms with Crippen LogP contribution in [0.15, 0.2) is 91.0 Å². The maximum Gasteiger partial charge on any atom is 0.163 e. The third-order valence-electron chi connectivity index (χ3n) is 5.44. The Kier molecular flexibility index (Phi) is 7.50. The zero-order valence-corrected chi connectivity index (χ0v) is 20.1. The van der Waals surface area contributed by atoms with Crippen LogP contribution in [-0.4, -0.2) is 24.7 Å². The van der Waals surface area contributed by atoms with Crippen molar-refractivity contribution in [2.75, 3.05) is 12.8 Å². The molecule has 0 unspecified atom stereocenters. The van der Waals surface area contributed by atoms with Gasteiger partial charge in [-0.05, 0) is 50.2 Å². The van der Waals surface area contributed by atoms with E-state index >= 15 is 0 Å². The maximum atomic E-state index is 6.15. The molecule has 0 aliphatic carbocycles. The minimum absolute atomic E-state index is 0. The van der Waals surface area contributed by atoms with Crippen LogP contribution in [0.1, 0.15) is 20.3 Å². The van der Waals surface area contributed by atoms with Gasteiger partial charge in [0.1, 0.15) is 23.2 Å². The molecule has 1 heterocycles. The Labute approximate surface area is 192 Å². The van der Waals surface area contributed by atoms with E-state index in [1.54, 1.807) is 0 Å². The molecule has 29 heavy (non-hydrogen) atoms. The fourth-order valence-corrected chi connectivity index (χ4v) is 8.51. The number of benzene rings is 3. The van der Waals surface area contributed by atoms with E-state index in [4.69, 9.17) is 9.47 Å². The van der Waals surface area contributed by atoms with E-state index < -0.39 is 13.0 Å². The average Bonchev–Trinajstić information content (AvgIpc) is 3.10. The molecular weight excluding hydrogens is 490 g/mol. The number of ether oxygens (including phenoxy) is 2. The second-order valence-electron chi connectivity index (χ2n) is 7.78. The lowest BCUT2D eigenvalue weighted by Gasteiger charge is -2.28. The Balaban J connectivity index is 0.00000240. The number of halogens is 1. The van der Waals surface area contributed by atoms with Crippen LogP contribution in [0.2, 0.25) is 0 Å². The van der Waals surface area contributed by atoms with Crippen LogP contribution >= 0.6 is 7.26 Å². The van der Waals surface area contributed by atoms with E-state index in [2.05, 4.69) is 91.0 Å². The minimum Gasteiger partial charge on any atom is -1.00 e. The minimum atomic E-state index is -1.78. The second kappa shape index (κ2) is 9.70. The molecule has 4 heteroatoms. The first-order valence-electron chi connectivity index (χ1n) is 9.97. The highest BCUT2D eigenvalue weighted by molar-refractivity contribution is 7.95. The first-order chi connectivity index (χ1) is 13.6. The van der Waals surface area contributed by atoms with Crippen LogP contribution in [0.5, 0.6) is 0 Å². The number of hydrogen-bond acceptors (Lipinski definition) is 2. The predicted octanol–water partition coefficient (Wildman–Crippen LogP) is 1.53. The summed E-state index contributed by atoms with van der Waals surface area (Å²) in [6, 6.07) is 33.0. The van der Waals surface area contributed by atoms with Crippen molar-refractivity contribution in [1.29, 1.82) is 0 Å². The Hall–Kier alpha value is -1.26. The van der Waals surface area contributed by atoms with Crippen LogP contribution in [-0.2, 0) is 9.47 Å². The Bertz CT molecular complexity index is 788. The van der Waals surface area contributed by atoms with E-state index in [1.165, 1.54) is 15.9 Å². The standard InChI is InChI=1S/C25H28O2P.HI/c1-25(2)26-20-21(27-25)18-19-28(22-12-6-3-7-13-22,23-14-8-4-9-15-23)24-16-10-5-11-17-24;/h3-17,21H,18-20H2,1-2H3;1H/q+1;/p-1/t21-;/m0./s1. The average molecular weight is 518 g/mol. The topological polar surface area (TPSA) is 18.5 Å². The van der Waals surface area contributed by atoms with Crippen LogP contribution < -0.4 is 39.9 Å². The molecule has 1 atom stereocenters. The normalized spacial score (nSPS) is 18.2. The third kappa shape index (κ3) is 4.91. The molecule has 1 saturated heterocycles. The molecule has 1 aliphatic rings. The quantitative estimate of drug-likeness (QED) is 0.364. The van der Waals surface area contributed by atoms with Crippen molar-refractivity contribution in [2.45, 2.75) is 32.2 Å². The highest BCUT2D eigenvalue weighted by Gasteiger charge is 2.46. The Morgan fingerprint density at radius 2 is 1.17 bits per heavy atom. The monoisotopic (exact) mass is 518 g/mol. The van der Waals surface area contributed by atoms with Gasteiger partial charge in [0, 0.05) is 6.42 Å². The lowest BCUT2D eigenvalue weighted by Crippen LogP contribution is -3.00. The molecule has 0 amide bonds. The molecule has 3 aromatic rings. The van der Waals surface area contributed by atoms with Crippen molar-refractivity contribution >= 4 is 23.2 Å². The SMILES string of the molecule is CC1(C)OC[C@H](CC[P+](c2ccccc2)(c2ccccc2)c2ccccc2)O1.[I-]. The molecule has 0 N–H and O–H groups in total. The molecule has 1 fully saturated rings. The zero-order chi connectivity index (χ0) is 19.5. The summed E-state index contributed by atoms with van der Waals surface area (Å²) in [4.78, 5) is 0. The molecule has 0 aromatic heterocycles. The van der Waals surface area contributed by atoms with Gasteiger partial charge in [0.25, 0.3) is 0 Å². The number of hydrogen-bond donors (Lipinski definition) is 0. The first kappa shape index (κ1) is 22.4. The van der Waals surface area contributed by atoms with Gasteiger partial charge in [0.2, 0.25) is 0 Å². The zero-order valence-electron chi connectivity index (χ0n) is 17.0. The summed E-state index contributed by atoms with van der Waals surface area (Å²) in [6.45, 7) is 4.67. The lowest BCUT2D eigenvalue weighted by molar-refractivity contribution is -0.138. The molecule has 3 aromatic carbocycles. The van der Waals surface area contributed by atoms with Gasteiger partial charge < -0.3 is 33.5 Å². The van der Waals surface area contributed by atoms with Gasteiger partial charge in [-0.15, -0.1) is 0 Å². The fourth-order valence-electron chi connectivity index (χ4n) is 4.12. The van der Waals surface area contributed by atoms with Crippen LogP contribution in [0.25, 0.3) is 0 Å². The van der Waals surface area contributed by atoms with Crippen molar-refractivity contribution in [1.82, 2.24) is 0 Å². The van der Waals surface area contributed by atoms with Gasteiger partial charge in [0.15, 0.2) is 5.79 Å². The van der Waals surface area contributed by atoms with Crippen molar-refractivity contribution < 1.29 is 33.5 Å². The van der Waals surface area contributed by atoms with Crippen molar-refractivity contribution in [3.05, 3.63) is 91.0 Å². The highest BCUT2D eigenvalue weighted by Crippen LogP contribution is 2.56. The summed E-state index contributed by atoms with van der Waals surface area (Å²) >= 11 is 0. The van der Waals surface area contributed by atoms with Crippen molar-refractivity contribution in [3.8, 4) is 0 Å². The van der Waals surface area contributed by atoms with E-state index in [-0.39, 0.29) is 30.1 Å². The second-order valence-corrected chi connectivity index (χ2v) is 11.4. The van der Waals surface area contributed by atoms with Crippen molar-refractivity contribution in [2.24, 2.45) is 0 Å². The maximum absolute atomic E-state index is 6.15. The third-order valence-corrected chi connectivity index (χ3v) is 9.91. The highest BCUT2D eigenvalue weighted by atomic mass is 127. The molecule has 4 rings (SSSR count). The summed E-state index contributed by atoms with van der Waals surface area (Å²) in [5.74, 6) is -0.474. The van der Waals surface area contributed by atoms with Gasteiger partial charge in [-0.3, -0.25) is 0 Å². The van der Waals surface area contributed by atoms with E-state index in [0.29, 0.717) is 6.61 Å². The Morgan fingerprint density at radius 3 is 1.52 bits per heavy atom. The number of rotatable bonds is 6. The van der Waals surface area contributed by atoms with Gasteiger partial charge in [-0.25, -0.2) is 0 Å². The molecule has 0 spiro atoms. The molecule has 0 bridgehead atoms. The van der Waals surface area contributed by atoms with E-state index in [0.717, 1.165) is 12.6 Å². The summed E-state index contributed by atoms with van der Waals surface area (Å²) in [5.41, 5.74) is 0. The molecule has 0 radical (unpaired) electrons. The smallest absolute Gasteiger partial charge is 0.163 e. The summed E-state index contributed by atoms with van der Waals surface area (Å²) < 4.78 is 12.0. The van der Waals surface area contributed by atoms with Gasteiger partial charge in [-0.1, -0.05) is 54.6 Å². The van der Waals surface area contributed by atoms with Crippen LogP contribution in [0.4, 0.5) is 0 Å². The van der Waals surface area contributed by atoms with E-state index in [1.807, 2.05) is 13.8 Å². The van der Waals surface area contributed by atoms with Gasteiger partial charge >= 0.3 is 0 Å². The van der Waals surface area contributed by atoms with Crippen molar-refractivity contribution in [3.63, 3.8) is 0 Å². The molecule has 152 valence electrons. The first-order valence-corrected chi connectivity index (χ1v) is 11.9. The van der Waals surface area contributed by atoms with Crippen LogP contribution in [0.3, 0.4) is 0 Å². The lowest BCUT2D eigenvalue weighted by atomic mass is 10.3. The fraction of sp³-hybridized carbons (Fsp3) is 0.280. The van der Waals surface area contributed by atoms with Crippen LogP contribution in [0, 0.1) is 0 Å². The Morgan fingerprint density at radius 1 is 0.759 bits per heavy atom. The molecule has 0 saturated carbocycles. The van der Waals surface area contributed by atoms with Gasteiger partial charge in [0.05, 0.1) is 18.9 Å². The molecule has 2 nitrogen and oxygen atoms in total. The molecular formula is C25H28IO2P.